The van der Waals surface area contributed by atoms with Crippen LogP contribution in [0.1, 0.15) is 43.7 Å². The number of aryl methyl sites for hydroxylation is 1. The molecule has 0 amide bonds. The number of rotatable bonds is 4. The van der Waals surface area contributed by atoms with Gasteiger partial charge in [-0.05, 0) is 32.9 Å². The maximum atomic E-state index is 4.66. The topological polar surface area (TPSA) is 66.8 Å². The van der Waals surface area contributed by atoms with Gasteiger partial charge in [0.1, 0.15) is 17.2 Å². The molecule has 0 aromatic carbocycles. The Hall–Kier alpha value is -1.60. The van der Waals surface area contributed by atoms with Crippen LogP contribution in [0.5, 0.6) is 0 Å². The Morgan fingerprint density at radius 1 is 1.38 bits per heavy atom. The summed E-state index contributed by atoms with van der Waals surface area (Å²) >= 11 is 1.47. The van der Waals surface area contributed by atoms with Crippen LogP contribution in [-0.4, -0.2) is 38.2 Å². The van der Waals surface area contributed by atoms with Gasteiger partial charge in [-0.2, -0.15) is 0 Å². The quantitative estimate of drug-likeness (QED) is 0.937. The van der Waals surface area contributed by atoms with Crippen molar-refractivity contribution in [3.63, 3.8) is 0 Å². The van der Waals surface area contributed by atoms with E-state index in [1.807, 2.05) is 13.0 Å². The van der Waals surface area contributed by atoms with Gasteiger partial charge in [0, 0.05) is 6.07 Å². The molecule has 2 aromatic heterocycles. The lowest BCUT2D eigenvalue weighted by atomic mass is 9.99. The summed E-state index contributed by atoms with van der Waals surface area (Å²) in [7, 11) is 0. The minimum absolute atomic E-state index is 0.403. The Labute approximate surface area is 128 Å². The van der Waals surface area contributed by atoms with E-state index in [-0.39, 0.29) is 0 Å². The first-order valence-corrected chi connectivity index (χ1v) is 8.27. The van der Waals surface area contributed by atoms with Crippen LogP contribution in [0.2, 0.25) is 0 Å². The molecule has 0 bridgehead atoms. The third kappa shape index (κ3) is 3.36. The molecular formula is C14H20N6S. The van der Waals surface area contributed by atoms with Crippen LogP contribution in [0.25, 0.3) is 0 Å². The fourth-order valence-electron chi connectivity index (χ4n) is 2.87. The molecule has 3 heterocycles. The second-order valence-corrected chi connectivity index (χ2v) is 6.07. The predicted octanol–water partition coefficient (Wildman–Crippen LogP) is 2.93. The molecule has 2 aromatic rings. The van der Waals surface area contributed by atoms with Gasteiger partial charge in [0.25, 0.3) is 0 Å². The number of nitrogens with zero attached hydrogens (tertiary/aromatic N) is 5. The molecule has 0 aliphatic carbocycles. The molecule has 1 aliphatic rings. The first kappa shape index (κ1) is 14.3. The summed E-state index contributed by atoms with van der Waals surface area (Å²) in [5, 5.41) is 11.8. The SMILES string of the molecule is CCN1CCCC[C@@H]1c1cc(Nc2nncs2)nc(C)n1. The highest BCUT2D eigenvalue weighted by Gasteiger charge is 2.24. The molecular weight excluding hydrogens is 284 g/mol. The van der Waals surface area contributed by atoms with Gasteiger partial charge in [-0.1, -0.05) is 24.7 Å². The minimum atomic E-state index is 0.403. The van der Waals surface area contributed by atoms with Crippen molar-refractivity contribution in [2.24, 2.45) is 0 Å². The third-order valence-corrected chi connectivity index (χ3v) is 4.42. The van der Waals surface area contributed by atoms with Crippen LogP contribution in [0.15, 0.2) is 11.6 Å². The zero-order valence-electron chi connectivity index (χ0n) is 12.4. The van der Waals surface area contributed by atoms with Gasteiger partial charge >= 0.3 is 0 Å². The van der Waals surface area contributed by atoms with Crippen molar-refractivity contribution in [2.45, 2.75) is 39.2 Å². The largest absolute Gasteiger partial charge is 0.315 e. The number of anilines is 2. The molecule has 1 aliphatic heterocycles. The van der Waals surface area contributed by atoms with E-state index < -0.39 is 0 Å². The van der Waals surface area contributed by atoms with Crippen LogP contribution in [-0.2, 0) is 0 Å². The van der Waals surface area contributed by atoms with Crippen molar-refractivity contribution in [1.82, 2.24) is 25.1 Å². The maximum Gasteiger partial charge on any atom is 0.210 e. The van der Waals surface area contributed by atoms with Gasteiger partial charge in [0.05, 0.1) is 11.7 Å². The Morgan fingerprint density at radius 3 is 3.05 bits per heavy atom. The van der Waals surface area contributed by atoms with Gasteiger partial charge in [0.15, 0.2) is 0 Å². The van der Waals surface area contributed by atoms with Crippen molar-refractivity contribution < 1.29 is 0 Å². The summed E-state index contributed by atoms with van der Waals surface area (Å²) in [6.45, 7) is 6.37. The van der Waals surface area contributed by atoms with Gasteiger partial charge < -0.3 is 5.32 Å². The van der Waals surface area contributed by atoms with E-state index in [9.17, 15) is 0 Å². The first-order valence-electron chi connectivity index (χ1n) is 7.39. The molecule has 6 nitrogen and oxygen atoms in total. The molecule has 7 heteroatoms. The molecule has 0 spiro atoms. The molecule has 1 saturated heterocycles. The van der Waals surface area contributed by atoms with E-state index in [4.69, 9.17) is 0 Å². The highest BCUT2D eigenvalue weighted by molar-refractivity contribution is 7.13. The standard InChI is InChI=1S/C14H20N6S/c1-3-20-7-5-4-6-12(20)11-8-13(17-10(2)16-11)18-14-19-15-9-21-14/h8-9,12H,3-7H2,1-2H3,(H,16,17,18,19)/t12-/m1/s1. The molecule has 0 unspecified atom stereocenters. The molecule has 0 saturated carbocycles. The number of piperidine rings is 1. The van der Waals surface area contributed by atoms with E-state index in [2.05, 4.69) is 37.3 Å². The lowest BCUT2D eigenvalue weighted by Crippen LogP contribution is -2.33. The average molecular weight is 304 g/mol. The highest BCUT2D eigenvalue weighted by atomic mass is 32.1. The summed E-state index contributed by atoms with van der Waals surface area (Å²) in [6.07, 6.45) is 3.72. The van der Waals surface area contributed by atoms with Gasteiger partial charge in [-0.25, -0.2) is 9.97 Å². The number of hydrogen-bond acceptors (Lipinski definition) is 7. The number of likely N-dealkylation sites (tertiary alicyclic amines) is 1. The van der Waals surface area contributed by atoms with Crippen LogP contribution in [0, 0.1) is 6.92 Å². The second-order valence-electron chi connectivity index (χ2n) is 5.23. The fraction of sp³-hybridized carbons (Fsp3) is 0.571. The van der Waals surface area contributed by atoms with Crippen LogP contribution >= 0.6 is 11.3 Å². The zero-order chi connectivity index (χ0) is 14.7. The molecule has 1 fully saturated rings. The van der Waals surface area contributed by atoms with E-state index in [1.54, 1.807) is 5.51 Å². The Balaban J connectivity index is 1.86. The van der Waals surface area contributed by atoms with Crippen molar-refractivity contribution >= 4 is 22.3 Å². The number of nitrogens with one attached hydrogen (secondary N) is 1. The summed E-state index contributed by atoms with van der Waals surface area (Å²) in [5.41, 5.74) is 2.81. The van der Waals surface area contributed by atoms with Crippen LogP contribution < -0.4 is 5.32 Å². The first-order chi connectivity index (χ1) is 10.3. The van der Waals surface area contributed by atoms with E-state index >= 15 is 0 Å². The summed E-state index contributed by atoms with van der Waals surface area (Å²) in [4.78, 5) is 11.6. The van der Waals surface area contributed by atoms with Gasteiger partial charge in [-0.15, -0.1) is 10.2 Å². The smallest absolute Gasteiger partial charge is 0.210 e. The molecule has 0 radical (unpaired) electrons. The van der Waals surface area contributed by atoms with Gasteiger partial charge in [-0.3, -0.25) is 4.90 Å². The molecule has 112 valence electrons. The minimum Gasteiger partial charge on any atom is -0.315 e. The Bertz CT molecular complexity index is 585. The van der Waals surface area contributed by atoms with Gasteiger partial charge in [0.2, 0.25) is 5.13 Å². The Morgan fingerprint density at radius 2 is 2.29 bits per heavy atom. The predicted molar refractivity (Wildman–Crippen MR) is 83.8 cm³/mol. The van der Waals surface area contributed by atoms with Crippen molar-refractivity contribution in [3.8, 4) is 0 Å². The lowest BCUT2D eigenvalue weighted by molar-refractivity contribution is 0.153. The molecule has 1 atom stereocenters. The third-order valence-electron chi connectivity index (χ3n) is 3.81. The number of aromatic nitrogens is 4. The van der Waals surface area contributed by atoms with Crippen LogP contribution in [0.3, 0.4) is 0 Å². The summed E-state index contributed by atoms with van der Waals surface area (Å²) in [5.74, 6) is 1.59. The molecule has 3 rings (SSSR count). The lowest BCUT2D eigenvalue weighted by Gasteiger charge is -2.34. The summed E-state index contributed by atoms with van der Waals surface area (Å²) < 4.78 is 0. The average Bonchev–Trinajstić information content (AvgIpc) is 2.99. The zero-order valence-corrected chi connectivity index (χ0v) is 13.2. The van der Waals surface area contributed by atoms with Crippen molar-refractivity contribution in [1.29, 1.82) is 0 Å². The molecule has 21 heavy (non-hydrogen) atoms. The normalized spacial score (nSPS) is 19.6. The summed E-state index contributed by atoms with van der Waals surface area (Å²) in [6, 6.07) is 2.45. The molecule has 1 N–H and O–H groups in total. The van der Waals surface area contributed by atoms with E-state index in [1.165, 1.54) is 30.6 Å². The fourth-order valence-corrected chi connectivity index (χ4v) is 3.32. The Kier molecular flexibility index (Phi) is 4.40. The van der Waals surface area contributed by atoms with E-state index in [0.717, 1.165) is 35.6 Å². The van der Waals surface area contributed by atoms with E-state index in [0.29, 0.717) is 6.04 Å². The van der Waals surface area contributed by atoms with Crippen molar-refractivity contribution in [2.75, 3.05) is 18.4 Å². The highest BCUT2D eigenvalue weighted by Crippen LogP contribution is 2.30. The second kappa shape index (κ2) is 6.44. The monoisotopic (exact) mass is 304 g/mol. The van der Waals surface area contributed by atoms with Crippen molar-refractivity contribution in [3.05, 3.63) is 23.1 Å². The number of hydrogen-bond donors (Lipinski definition) is 1. The van der Waals surface area contributed by atoms with Crippen LogP contribution in [0.4, 0.5) is 10.9 Å². The maximum absolute atomic E-state index is 4.66.